The fourth-order valence-electron chi connectivity index (χ4n) is 2.57. The lowest BCUT2D eigenvalue weighted by atomic mass is 10.1. The van der Waals surface area contributed by atoms with Gasteiger partial charge in [0.2, 0.25) is 0 Å². The Morgan fingerprint density at radius 3 is 2.71 bits per heavy atom. The number of nitrogens with one attached hydrogen (secondary N) is 2. The first-order valence-corrected chi connectivity index (χ1v) is 8.22. The summed E-state index contributed by atoms with van der Waals surface area (Å²) in [6, 6.07) is 4.81. The van der Waals surface area contributed by atoms with E-state index < -0.39 is 5.97 Å². The van der Waals surface area contributed by atoms with Crippen molar-refractivity contribution in [3.05, 3.63) is 29.3 Å². The van der Waals surface area contributed by atoms with Gasteiger partial charge in [-0.25, -0.2) is 9.59 Å². The Bertz CT molecular complexity index is 548. The predicted octanol–water partition coefficient (Wildman–Crippen LogP) is 3.10. The van der Waals surface area contributed by atoms with Gasteiger partial charge >= 0.3 is 12.0 Å². The van der Waals surface area contributed by atoms with Crippen LogP contribution in [-0.4, -0.2) is 34.7 Å². The first kappa shape index (κ1) is 15.7. The Morgan fingerprint density at radius 1 is 1.33 bits per heavy atom. The average molecular weight is 308 g/mol. The maximum Gasteiger partial charge on any atom is 0.336 e. The summed E-state index contributed by atoms with van der Waals surface area (Å²) in [5.74, 6) is -0.991. The molecule has 0 aliphatic heterocycles. The van der Waals surface area contributed by atoms with E-state index in [1.165, 1.54) is 6.07 Å². The van der Waals surface area contributed by atoms with E-state index >= 15 is 0 Å². The van der Waals surface area contributed by atoms with E-state index in [4.69, 9.17) is 5.11 Å². The van der Waals surface area contributed by atoms with Crippen LogP contribution in [0, 0.1) is 6.92 Å². The van der Waals surface area contributed by atoms with Crippen molar-refractivity contribution in [3.63, 3.8) is 0 Å². The smallest absolute Gasteiger partial charge is 0.336 e. The highest BCUT2D eigenvalue weighted by molar-refractivity contribution is 7.99. The number of aryl methyl sites for hydroxylation is 1. The summed E-state index contributed by atoms with van der Waals surface area (Å²) in [5.41, 5.74) is 1.37. The lowest BCUT2D eigenvalue weighted by Crippen LogP contribution is -2.36. The Hall–Kier alpha value is -1.69. The third-order valence-electron chi connectivity index (χ3n) is 3.78. The third-order valence-corrected chi connectivity index (χ3v) is 4.87. The molecule has 0 bridgehead atoms. The molecule has 6 heteroatoms. The monoisotopic (exact) mass is 308 g/mol. The lowest BCUT2D eigenvalue weighted by molar-refractivity contribution is 0.0696. The maximum atomic E-state index is 12.0. The number of amides is 2. The minimum absolute atomic E-state index is 0.201. The number of anilines is 1. The topological polar surface area (TPSA) is 78.4 Å². The molecule has 2 unspecified atom stereocenters. The fourth-order valence-corrected chi connectivity index (χ4v) is 3.36. The van der Waals surface area contributed by atoms with Crippen LogP contribution in [0.25, 0.3) is 0 Å². The first-order chi connectivity index (χ1) is 9.99. The van der Waals surface area contributed by atoms with Crippen LogP contribution in [0.1, 0.15) is 35.2 Å². The van der Waals surface area contributed by atoms with Crippen LogP contribution in [0.4, 0.5) is 10.5 Å². The standard InChI is InChI=1S/C15H20N2O3S/c1-9-3-4-11(8-13(9)14(18)19)17-15(20)16-10-5-6-12(7-10)21-2/h3-4,8,10,12H,5-7H2,1-2H3,(H,18,19)(H2,16,17,20). The highest BCUT2D eigenvalue weighted by atomic mass is 32.2. The number of thioether (sulfide) groups is 1. The highest BCUT2D eigenvalue weighted by Crippen LogP contribution is 2.28. The molecule has 1 aromatic rings. The number of benzene rings is 1. The Labute approximate surface area is 128 Å². The molecule has 2 rings (SSSR count). The number of carboxylic acid groups (broad SMARTS) is 1. The van der Waals surface area contributed by atoms with Crippen molar-refractivity contribution in [2.24, 2.45) is 0 Å². The van der Waals surface area contributed by atoms with Crippen molar-refractivity contribution in [3.8, 4) is 0 Å². The molecule has 3 N–H and O–H groups in total. The van der Waals surface area contributed by atoms with Crippen molar-refractivity contribution in [2.45, 2.75) is 37.5 Å². The summed E-state index contributed by atoms with van der Waals surface area (Å²) in [6.45, 7) is 1.73. The van der Waals surface area contributed by atoms with E-state index in [-0.39, 0.29) is 17.6 Å². The zero-order valence-corrected chi connectivity index (χ0v) is 13.0. The van der Waals surface area contributed by atoms with Gasteiger partial charge in [-0.05, 0) is 50.1 Å². The van der Waals surface area contributed by atoms with Crippen LogP contribution in [0.3, 0.4) is 0 Å². The molecule has 114 valence electrons. The van der Waals surface area contributed by atoms with Crippen LogP contribution >= 0.6 is 11.8 Å². The van der Waals surface area contributed by atoms with Gasteiger partial charge in [-0.3, -0.25) is 0 Å². The Balaban J connectivity index is 1.94. The molecule has 0 radical (unpaired) electrons. The Kier molecular flexibility index (Phi) is 5.12. The number of carboxylic acids is 1. The Morgan fingerprint density at radius 2 is 2.10 bits per heavy atom. The molecule has 1 saturated carbocycles. The van der Waals surface area contributed by atoms with Gasteiger partial charge in [-0.2, -0.15) is 11.8 Å². The number of aromatic carboxylic acids is 1. The normalized spacial score (nSPS) is 21.0. The molecule has 5 nitrogen and oxygen atoms in total. The van der Waals surface area contributed by atoms with Crippen LogP contribution < -0.4 is 10.6 Å². The van der Waals surface area contributed by atoms with Gasteiger partial charge < -0.3 is 15.7 Å². The number of carbonyl (C=O) groups is 2. The van der Waals surface area contributed by atoms with Gasteiger partial charge in [-0.1, -0.05) is 6.07 Å². The van der Waals surface area contributed by atoms with E-state index in [9.17, 15) is 9.59 Å². The van der Waals surface area contributed by atoms with Gasteiger partial charge in [0.05, 0.1) is 5.56 Å². The van der Waals surface area contributed by atoms with Crippen molar-refractivity contribution in [2.75, 3.05) is 11.6 Å². The largest absolute Gasteiger partial charge is 0.478 e. The van der Waals surface area contributed by atoms with Gasteiger partial charge in [-0.15, -0.1) is 0 Å². The van der Waals surface area contributed by atoms with E-state index in [2.05, 4.69) is 16.9 Å². The molecule has 0 saturated heterocycles. The molecule has 0 heterocycles. The van der Waals surface area contributed by atoms with Crippen LogP contribution in [-0.2, 0) is 0 Å². The van der Waals surface area contributed by atoms with Crippen LogP contribution in [0.5, 0.6) is 0 Å². The van der Waals surface area contributed by atoms with Gasteiger partial charge in [0, 0.05) is 17.0 Å². The van der Waals surface area contributed by atoms with Crippen molar-refractivity contribution in [1.29, 1.82) is 0 Å². The molecular weight excluding hydrogens is 288 g/mol. The average Bonchev–Trinajstić information content (AvgIpc) is 2.88. The number of carbonyl (C=O) groups excluding carboxylic acids is 1. The second-order valence-corrected chi connectivity index (χ2v) is 6.44. The number of hydrogen-bond donors (Lipinski definition) is 3. The summed E-state index contributed by atoms with van der Waals surface area (Å²) >= 11 is 1.84. The number of urea groups is 1. The van der Waals surface area contributed by atoms with Crippen molar-refractivity contribution in [1.82, 2.24) is 5.32 Å². The third kappa shape index (κ3) is 4.14. The molecule has 0 spiro atoms. The van der Waals surface area contributed by atoms with Crippen molar-refractivity contribution >= 4 is 29.4 Å². The number of rotatable bonds is 4. The molecule has 1 aliphatic rings. The maximum absolute atomic E-state index is 12.0. The quantitative estimate of drug-likeness (QED) is 0.798. The fraction of sp³-hybridized carbons (Fsp3) is 0.467. The second-order valence-electron chi connectivity index (χ2n) is 5.30. The second kappa shape index (κ2) is 6.85. The molecule has 1 aliphatic carbocycles. The van der Waals surface area contributed by atoms with E-state index in [0.29, 0.717) is 16.5 Å². The molecule has 2 atom stereocenters. The molecule has 21 heavy (non-hydrogen) atoms. The summed E-state index contributed by atoms with van der Waals surface area (Å²) in [4.78, 5) is 23.0. The van der Waals surface area contributed by atoms with Gasteiger partial charge in [0.25, 0.3) is 0 Å². The molecule has 0 aromatic heterocycles. The predicted molar refractivity (Wildman–Crippen MR) is 85.2 cm³/mol. The SMILES string of the molecule is CSC1CCC(NC(=O)Nc2ccc(C)c(C(=O)O)c2)C1. The molecule has 1 aromatic carbocycles. The van der Waals surface area contributed by atoms with Gasteiger partial charge in [0.1, 0.15) is 0 Å². The summed E-state index contributed by atoms with van der Waals surface area (Å²) in [7, 11) is 0. The zero-order chi connectivity index (χ0) is 15.4. The minimum atomic E-state index is -0.991. The van der Waals surface area contributed by atoms with Crippen LogP contribution in [0.2, 0.25) is 0 Å². The van der Waals surface area contributed by atoms with Gasteiger partial charge in [0.15, 0.2) is 0 Å². The molecule has 2 amide bonds. The molecular formula is C15H20N2O3S. The van der Waals surface area contributed by atoms with Crippen molar-refractivity contribution < 1.29 is 14.7 Å². The number of hydrogen-bond acceptors (Lipinski definition) is 3. The first-order valence-electron chi connectivity index (χ1n) is 6.94. The van der Waals surface area contributed by atoms with E-state index in [0.717, 1.165) is 19.3 Å². The van der Waals surface area contributed by atoms with E-state index in [1.807, 2.05) is 11.8 Å². The summed E-state index contributed by atoms with van der Waals surface area (Å²) in [5, 5.41) is 15.3. The summed E-state index contributed by atoms with van der Waals surface area (Å²) in [6.07, 6.45) is 5.20. The minimum Gasteiger partial charge on any atom is -0.478 e. The molecule has 1 fully saturated rings. The summed E-state index contributed by atoms with van der Waals surface area (Å²) < 4.78 is 0. The zero-order valence-electron chi connectivity index (χ0n) is 12.2. The highest BCUT2D eigenvalue weighted by Gasteiger charge is 2.25. The lowest BCUT2D eigenvalue weighted by Gasteiger charge is -2.14. The van der Waals surface area contributed by atoms with Crippen LogP contribution in [0.15, 0.2) is 18.2 Å². The van der Waals surface area contributed by atoms with E-state index in [1.54, 1.807) is 19.1 Å².